The Morgan fingerprint density at radius 2 is 1.80 bits per heavy atom. The molecule has 0 fully saturated rings. The number of hydrogen-bond acceptors (Lipinski definition) is 2. The molecule has 0 amide bonds. The molecule has 0 heterocycles. The van der Waals surface area contributed by atoms with Gasteiger partial charge in [0.25, 0.3) is 0 Å². The van der Waals surface area contributed by atoms with Crippen LogP contribution in [0.5, 0.6) is 0 Å². The second-order valence-corrected chi connectivity index (χ2v) is 6.98. The third-order valence-electron chi connectivity index (χ3n) is 3.85. The Bertz CT molecular complexity index is 582. The van der Waals surface area contributed by atoms with Crippen LogP contribution in [0.2, 0.25) is 5.02 Å². The molecule has 0 bridgehead atoms. The largest absolute Gasteiger partial charge is 0.323 e. The van der Waals surface area contributed by atoms with Crippen LogP contribution in [0.4, 0.5) is 0 Å². The molecule has 1 aliphatic rings. The highest BCUT2D eigenvalue weighted by atomic mass is 35.5. The summed E-state index contributed by atoms with van der Waals surface area (Å²) in [4.78, 5) is 1.24. The second kappa shape index (κ2) is 6.21. The summed E-state index contributed by atoms with van der Waals surface area (Å²) in [5, 5.41) is 1.21. The minimum Gasteiger partial charge on any atom is -0.323 e. The van der Waals surface area contributed by atoms with Gasteiger partial charge >= 0.3 is 0 Å². The molecular formula is C17H18ClNS. The van der Waals surface area contributed by atoms with E-state index in [9.17, 15) is 0 Å². The van der Waals surface area contributed by atoms with Gasteiger partial charge in [0.05, 0.1) is 0 Å². The van der Waals surface area contributed by atoms with Crippen LogP contribution in [0.1, 0.15) is 30.0 Å². The molecule has 20 heavy (non-hydrogen) atoms. The molecule has 2 unspecified atom stereocenters. The molecule has 3 rings (SSSR count). The summed E-state index contributed by atoms with van der Waals surface area (Å²) in [5.74, 6) is 0. The van der Waals surface area contributed by atoms with E-state index in [2.05, 4.69) is 36.4 Å². The van der Waals surface area contributed by atoms with Crippen molar-refractivity contribution in [3.63, 3.8) is 0 Å². The predicted octanol–water partition coefficient (Wildman–Crippen LogP) is 4.84. The van der Waals surface area contributed by atoms with Crippen LogP contribution in [-0.2, 0) is 6.42 Å². The fraction of sp³-hybridized carbons (Fsp3) is 0.294. The number of hydrogen-bond donors (Lipinski definition) is 1. The molecule has 3 heteroatoms. The van der Waals surface area contributed by atoms with Crippen LogP contribution in [0.25, 0.3) is 0 Å². The molecule has 2 aromatic rings. The first kappa shape index (κ1) is 14.0. The van der Waals surface area contributed by atoms with Crippen LogP contribution >= 0.6 is 23.4 Å². The molecule has 0 aromatic heterocycles. The van der Waals surface area contributed by atoms with Crippen LogP contribution < -0.4 is 5.73 Å². The van der Waals surface area contributed by atoms with Gasteiger partial charge < -0.3 is 5.73 Å². The highest BCUT2D eigenvalue weighted by Gasteiger charge is 2.25. The van der Waals surface area contributed by atoms with Crippen LogP contribution in [-0.4, -0.2) is 5.25 Å². The van der Waals surface area contributed by atoms with Gasteiger partial charge in [-0.15, -0.1) is 11.8 Å². The van der Waals surface area contributed by atoms with Crippen molar-refractivity contribution in [1.82, 2.24) is 0 Å². The van der Waals surface area contributed by atoms with Gasteiger partial charge in [-0.1, -0.05) is 35.9 Å². The molecule has 2 aromatic carbocycles. The molecule has 104 valence electrons. The third-order valence-corrected chi connectivity index (χ3v) is 5.48. The second-order valence-electron chi connectivity index (χ2n) is 5.23. The standard InChI is InChI=1S/C17H18ClNS/c18-13-8-10-14(11-9-13)20-16-7-3-5-12-4-1-2-6-15(12)17(16)19/h1-2,4,6,8-11,16-17H,3,5,7,19H2. The molecule has 0 saturated heterocycles. The first-order valence-electron chi connectivity index (χ1n) is 6.99. The molecule has 0 radical (unpaired) electrons. The number of halogens is 1. The van der Waals surface area contributed by atoms with Gasteiger partial charge in [0, 0.05) is 21.2 Å². The van der Waals surface area contributed by atoms with Crippen molar-refractivity contribution in [2.75, 3.05) is 0 Å². The predicted molar refractivity (Wildman–Crippen MR) is 87.4 cm³/mol. The smallest absolute Gasteiger partial charge is 0.0421 e. The average molecular weight is 304 g/mol. The highest BCUT2D eigenvalue weighted by Crippen LogP contribution is 2.38. The lowest BCUT2D eigenvalue weighted by atomic mass is 10.00. The maximum atomic E-state index is 6.52. The zero-order chi connectivity index (χ0) is 13.9. The SMILES string of the molecule is NC1c2ccccc2CCCC1Sc1ccc(Cl)cc1. The lowest BCUT2D eigenvalue weighted by Crippen LogP contribution is -2.23. The van der Waals surface area contributed by atoms with E-state index in [0.717, 1.165) is 17.9 Å². The Morgan fingerprint density at radius 1 is 1.05 bits per heavy atom. The van der Waals surface area contributed by atoms with E-state index in [-0.39, 0.29) is 6.04 Å². The molecule has 1 nitrogen and oxygen atoms in total. The molecule has 0 saturated carbocycles. The fourth-order valence-corrected chi connectivity index (χ4v) is 4.13. The molecule has 2 atom stereocenters. The van der Waals surface area contributed by atoms with Gasteiger partial charge in [0.2, 0.25) is 0 Å². The van der Waals surface area contributed by atoms with E-state index in [4.69, 9.17) is 17.3 Å². The summed E-state index contributed by atoms with van der Waals surface area (Å²) in [5.41, 5.74) is 9.25. The maximum absolute atomic E-state index is 6.52. The third kappa shape index (κ3) is 3.03. The molecule has 1 aliphatic carbocycles. The van der Waals surface area contributed by atoms with Gasteiger partial charge in [0.1, 0.15) is 0 Å². The van der Waals surface area contributed by atoms with Crippen LogP contribution in [0, 0.1) is 0 Å². The Balaban J connectivity index is 1.82. The van der Waals surface area contributed by atoms with Crippen molar-refractivity contribution < 1.29 is 0 Å². The van der Waals surface area contributed by atoms with Gasteiger partial charge in [-0.2, -0.15) is 0 Å². The highest BCUT2D eigenvalue weighted by molar-refractivity contribution is 8.00. The lowest BCUT2D eigenvalue weighted by molar-refractivity contribution is 0.632. The van der Waals surface area contributed by atoms with Crippen molar-refractivity contribution >= 4 is 23.4 Å². The van der Waals surface area contributed by atoms with Gasteiger partial charge in [0.15, 0.2) is 0 Å². The van der Waals surface area contributed by atoms with Crippen molar-refractivity contribution in [2.24, 2.45) is 5.73 Å². The summed E-state index contributed by atoms with van der Waals surface area (Å²) in [7, 11) is 0. The number of nitrogens with two attached hydrogens (primary N) is 1. The summed E-state index contributed by atoms with van der Waals surface area (Å²) >= 11 is 7.82. The van der Waals surface area contributed by atoms with E-state index in [0.29, 0.717) is 5.25 Å². The Hall–Kier alpha value is -0.960. The zero-order valence-electron chi connectivity index (χ0n) is 11.3. The lowest BCUT2D eigenvalue weighted by Gasteiger charge is -2.22. The maximum Gasteiger partial charge on any atom is 0.0421 e. The van der Waals surface area contributed by atoms with Crippen molar-refractivity contribution in [3.8, 4) is 0 Å². The topological polar surface area (TPSA) is 26.0 Å². The summed E-state index contributed by atoms with van der Waals surface area (Å²) < 4.78 is 0. The van der Waals surface area contributed by atoms with Gasteiger partial charge in [-0.25, -0.2) is 0 Å². The molecule has 2 N–H and O–H groups in total. The Morgan fingerprint density at radius 3 is 2.60 bits per heavy atom. The quantitative estimate of drug-likeness (QED) is 0.804. The van der Waals surface area contributed by atoms with Crippen LogP contribution in [0.15, 0.2) is 53.4 Å². The molecular weight excluding hydrogens is 286 g/mol. The van der Waals surface area contributed by atoms with E-state index < -0.39 is 0 Å². The van der Waals surface area contributed by atoms with E-state index in [1.54, 1.807) is 0 Å². The van der Waals surface area contributed by atoms with E-state index >= 15 is 0 Å². The van der Waals surface area contributed by atoms with Gasteiger partial charge in [-0.05, 0) is 54.7 Å². The average Bonchev–Trinajstić information content (AvgIpc) is 2.62. The van der Waals surface area contributed by atoms with E-state index in [1.165, 1.54) is 22.4 Å². The van der Waals surface area contributed by atoms with E-state index in [1.807, 2.05) is 23.9 Å². The normalized spacial score (nSPS) is 22.1. The monoisotopic (exact) mass is 303 g/mol. The van der Waals surface area contributed by atoms with Gasteiger partial charge in [-0.3, -0.25) is 0 Å². The first-order valence-corrected chi connectivity index (χ1v) is 8.25. The molecule has 0 aliphatic heterocycles. The first-order chi connectivity index (χ1) is 9.74. The molecule has 0 spiro atoms. The van der Waals surface area contributed by atoms with Crippen molar-refractivity contribution in [1.29, 1.82) is 0 Å². The number of benzene rings is 2. The fourth-order valence-electron chi connectivity index (χ4n) is 2.78. The van der Waals surface area contributed by atoms with Crippen molar-refractivity contribution in [2.45, 2.75) is 35.4 Å². The minimum atomic E-state index is 0.106. The Labute approximate surface area is 129 Å². The number of thioether (sulfide) groups is 1. The summed E-state index contributed by atoms with van der Waals surface area (Å²) in [6.45, 7) is 0. The zero-order valence-corrected chi connectivity index (χ0v) is 12.8. The number of fused-ring (bicyclic) bond motifs is 1. The van der Waals surface area contributed by atoms with Crippen LogP contribution in [0.3, 0.4) is 0 Å². The number of aryl methyl sites for hydroxylation is 1. The number of rotatable bonds is 2. The Kier molecular flexibility index (Phi) is 4.35. The summed E-state index contributed by atoms with van der Waals surface area (Å²) in [6.07, 6.45) is 3.50. The van der Waals surface area contributed by atoms with Crippen molar-refractivity contribution in [3.05, 3.63) is 64.7 Å². The summed E-state index contributed by atoms with van der Waals surface area (Å²) in [6, 6.07) is 16.7. The minimum absolute atomic E-state index is 0.106.